The summed E-state index contributed by atoms with van der Waals surface area (Å²) in [6.07, 6.45) is 2.95. The first-order valence-corrected chi connectivity index (χ1v) is 7.87. The second-order valence-electron chi connectivity index (χ2n) is 4.86. The van der Waals surface area contributed by atoms with Crippen LogP contribution in [0.25, 0.3) is 4.96 Å². The number of hydrogen-bond acceptors (Lipinski definition) is 6. The van der Waals surface area contributed by atoms with Crippen molar-refractivity contribution in [2.45, 2.75) is 18.9 Å². The predicted octanol–water partition coefficient (Wildman–Crippen LogP) is 2.08. The van der Waals surface area contributed by atoms with Crippen molar-refractivity contribution in [2.75, 3.05) is 11.9 Å². The van der Waals surface area contributed by atoms with E-state index in [4.69, 9.17) is 5.11 Å². The zero-order valence-corrected chi connectivity index (χ0v) is 12.7. The minimum Gasteiger partial charge on any atom is -0.396 e. The zero-order chi connectivity index (χ0) is 15.4. The minimum absolute atomic E-state index is 0.0321. The van der Waals surface area contributed by atoms with Crippen molar-refractivity contribution >= 4 is 21.4 Å². The molecule has 2 aromatic heterocycles. The van der Waals surface area contributed by atoms with E-state index in [2.05, 4.69) is 15.4 Å². The molecule has 0 bridgehead atoms. The summed E-state index contributed by atoms with van der Waals surface area (Å²) in [5.74, 6) is 0. The monoisotopic (exact) mass is 316 g/mol. The molecule has 1 aromatic carbocycles. The highest BCUT2D eigenvalue weighted by molar-refractivity contribution is 7.20. The molecule has 2 N–H and O–H groups in total. The van der Waals surface area contributed by atoms with E-state index in [1.807, 2.05) is 30.3 Å². The van der Waals surface area contributed by atoms with Crippen molar-refractivity contribution < 1.29 is 5.11 Å². The highest BCUT2D eigenvalue weighted by atomic mass is 32.1. The lowest BCUT2D eigenvalue weighted by Crippen LogP contribution is -2.14. The molecule has 0 fully saturated rings. The van der Waals surface area contributed by atoms with Gasteiger partial charge in [-0.2, -0.15) is 4.52 Å². The summed E-state index contributed by atoms with van der Waals surface area (Å²) in [7, 11) is 0. The van der Waals surface area contributed by atoms with Crippen LogP contribution in [0.3, 0.4) is 0 Å². The van der Waals surface area contributed by atoms with Crippen molar-refractivity contribution in [3.05, 3.63) is 58.5 Å². The second kappa shape index (κ2) is 6.67. The van der Waals surface area contributed by atoms with Crippen LogP contribution in [-0.2, 0) is 0 Å². The van der Waals surface area contributed by atoms with E-state index in [-0.39, 0.29) is 18.2 Å². The lowest BCUT2D eigenvalue weighted by atomic mass is 10.0. The number of nitrogens with one attached hydrogen (secondary N) is 1. The number of anilines is 1. The molecule has 6 nitrogen and oxygen atoms in total. The number of aliphatic hydroxyl groups is 1. The summed E-state index contributed by atoms with van der Waals surface area (Å²) in [6.45, 7) is 0.145. The number of hydrogen-bond donors (Lipinski definition) is 2. The molecule has 1 atom stereocenters. The van der Waals surface area contributed by atoms with Crippen LogP contribution in [0.15, 0.2) is 47.4 Å². The number of aliphatic hydroxyl groups excluding tert-OH is 1. The first kappa shape index (κ1) is 14.7. The third-order valence-electron chi connectivity index (χ3n) is 3.32. The van der Waals surface area contributed by atoms with Gasteiger partial charge < -0.3 is 10.4 Å². The highest BCUT2D eigenvalue weighted by Gasteiger charge is 2.14. The summed E-state index contributed by atoms with van der Waals surface area (Å²) >= 11 is 1.34. The van der Waals surface area contributed by atoms with Gasteiger partial charge >= 0.3 is 0 Å². The lowest BCUT2D eigenvalue weighted by molar-refractivity contribution is 0.281. The normalized spacial score (nSPS) is 12.4. The van der Waals surface area contributed by atoms with E-state index in [1.165, 1.54) is 28.1 Å². The van der Waals surface area contributed by atoms with E-state index in [0.717, 1.165) is 12.0 Å². The van der Waals surface area contributed by atoms with Crippen LogP contribution in [0.4, 0.5) is 5.13 Å². The molecule has 1 unspecified atom stereocenters. The van der Waals surface area contributed by atoms with Crippen LogP contribution >= 0.6 is 11.3 Å². The Balaban J connectivity index is 1.88. The van der Waals surface area contributed by atoms with Crippen LogP contribution in [0.5, 0.6) is 0 Å². The molecular formula is C15H16N4O2S. The molecule has 22 heavy (non-hydrogen) atoms. The molecule has 0 saturated heterocycles. The predicted molar refractivity (Wildman–Crippen MR) is 86.3 cm³/mol. The van der Waals surface area contributed by atoms with Crippen molar-refractivity contribution in [2.24, 2.45) is 0 Å². The van der Waals surface area contributed by atoms with Gasteiger partial charge in [-0.25, -0.2) is 4.98 Å². The Morgan fingerprint density at radius 3 is 2.82 bits per heavy atom. The number of rotatable bonds is 6. The van der Waals surface area contributed by atoms with Crippen LogP contribution in [-0.4, -0.2) is 26.3 Å². The Morgan fingerprint density at radius 2 is 2.09 bits per heavy atom. The molecule has 2 heterocycles. The Bertz CT molecular complexity index is 800. The van der Waals surface area contributed by atoms with E-state index in [0.29, 0.717) is 16.5 Å². The molecule has 7 heteroatoms. The maximum Gasteiger partial charge on any atom is 0.275 e. The van der Waals surface area contributed by atoms with E-state index >= 15 is 0 Å². The fraction of sp³-hybridized carbons (Fsp3) is 0.267. The van der Waals surface area contributed by atoms with Crippen LogP contribution in [0, 0.1) is 0 Å². The summed E-state index contributed by atoms with van der Waals surface area (Å²) in [6, 6.07) is 11.4. The quantitative estimate of drug-likeness (QED) is 0.728. The first-order chi connectivity index (χ1) is 10.8. The van der Waals surface area contributed by atoms with Gasteiger partial charge in [-0.15, -0.1) is 5.10 Å². The van der Waals surface area contributed by atoms with Crippen LogP contribution in [0.1, 0.15) is 24.4 Å². The van der Waals surface area contributed by atoms with Crippen LogP contribution < -0.4 is 10.9 Å². The Labute approximate surface area is 131 Å². The second-order valence-corrected chi connectivity index (χ2v) is 5.81. The molecule has 0 amide bonds. The molecule has 0 aliphatic heterocycles. The molecule has 114 valence electrons. The smallest absolute Gasteiger partial charge is 0.275 e. The number of benzene rings is 1. The van der Waals surface area contributed by atoms with Crippen molar-refractivity contribution in [3.8, 4) is 0 Å². The van der Waals surface area contributed by atoms with E-state index in [1.54, 1.807) is 0 Å². The van der Waals surface area contributed by atoms with Gasteiger partial charge in [0.15, 0.2) is 0 Å². The highest BCUT2D eigenvalue weighted by Crippen LogP contribution is 2.26. The van der Waals surface area contributed by atoms with Gasteiger partial charge in [0.05, 0.1) is 6.04 Å². The summed E-state index contributed by atoms with van der Waals surface area (Å²) < 4.78 is 1.29. The molecule has 0 radical (unpaired) electrons. The van der Waals surface area contributed by atoms with Crippen molar-refractivity contribution in [1.29, 1.82) is 0 Å². The van der Waals surface area contributed by atoms with Crippen molar-refractivity contribution in [3.63, 3.8) is 0 Å². The molecule has 0 aliphatic rings. The average molecular weight is 316 g/mol. The summed E-state index contributed by atoms with van der Waals surface area (Å²) in [5.41, 5.74) is 0.927. The molecule has 0 aliphatic carbocycles. The standard InChI is InChI=1S/C15H16N4O2S/c20-10-4-7-12(11-5-2-1-3-6-11)17-14-18-19-13(21)8-9-16-15(19)22-14/h1-3,5-6,8-9,12,20H,4,7,10H2,(H,17,18). The number of nitrogens with zero attached hydrogens (tertiary/aromatic N) is 3. The van der Waals surface area contributed by atoms with E-state index < -0.39 is 0 Å². The SMILES string of the molecule is O=c1ccnc2sc(NC(CCCO)c3ccccc3)nn12. The first-order valence-electron chi connectivity index (χ1n) is 7.05. The van der Waals surface area contributed by atoms with Gasteiger partial charge in [-0.1, -0.05) is 41.7 Å². The maximum atomic E-state index is 11.7. The van der Waals surface area contributed by atoms with Gasteiger partial charge in [-0.05, 0) is 18.4 Å². The fourth-order valence-electron chi connectivity index (χ4n) is 2.25. The third-order valence-corrected chi connectivity index (χ3v) is 4.18. The number of fused-ring (bicyclic) bond motifs is 1. The van der Waals surface area contributed by atoms with Crippen molar-refractivity contribution in [1.82, 2.24) is 14.6 Å². The lowest BCUT2D eigenvalue weighted by Gasteiger charge is -2.17. The maximum absolute atomic E-state index is 11.7. The van der Waals surface area contributed by atoms with Gasteiger partial charge in [0.1, 0.15) is 0 Å². The summed E-state index contributed by atoms with van der Waals surface area (Å²) in [4.78, 5) is 16.4. The Hall–Kier alpha value is -2.25. The van der Waals surface area contributed by atoms with Gasteiger partial charge in [-0.3, -0.25) is 4.79 Å². The van der Waals surface area contributed by atoms with Gasteiger partial charge in [0.2, 0.25) is 10.1 Å². The van der Waals surface area contributed by atoms with Gasteiger partial charge in [0, 0.05) is 18.9 Å². The van der Waals surface area contributed by atoms with Gasteiger partial charge in [0.25, 0.3) is 5.56 Å². The largest absolute Gasteiger partial charge is 0.396 e. The minimum atomic E-state index is -0.194. The summed E-state index contributed by atoms with van der Waals surface area (Å²) in [5, 5.41) is 17.3. The third kappa shape index (κ3) is 3.15. The number of aromatic nitrogens is 3. The Morgan fingerprint density at radius 1 is 1.27 bits per heavy atom. The molecular weight excluding hydrogens is 300 g/mol. The molecule has 3 rings (SSSR count). The molecule has 3 aromatic rings. The van der Waals surface area contributed by atoms with E-state index in [9.17, 15) is 4.79 Å². The fourth-order valence-corrected chi connectivity index (χ4v) is 3.08. The zero-order valence-electron chi connectivity index (χ0n) is 11.8. The molecule has 0 spiro atoms. The van der Waals surface area contributed by atoms with Crippen LogP contribution in [0.2, 0.25) is 0 Å². The molecule has 0 saturated carbocycles. The topological polar surface area (TPSA) is 79.5 Å². The Kier molecular flexibility index (Phi) is 4.45. The average Bonchev–Trinajstić information content (AvgIpc) is 2.96.